The monoisotopic (exact) mass is 326 g/mol. The van der Waals surface area contributed by atoms with Crippen LogP contribution in [-0.2, 0) is 4.79 Å². The third kappa shape index (κ3) is 3.30. The second-order valence-electron chi connectivity index (χ2n) is 5.99. The van der Waals surface area contributed by atoms with Crippen LogP contribution in [0.25, 0.3) is 0 Å². The number of carbonyl (C=O) groups excluding carboxylic acids is 2. The Morgan fingerprint density at radius 3 is 2.54 bits per heavy atom. The van der Waals surface area contributed by atoms with Gasteiger partial charge in [-0.25, -0.2) is 4.39 Å². The van der Waals surface area contributed by atoms with Crippen LogP contribution >= 0.6 is 0 Å². The van der Waals surface area contributed by atoms with Crippen LogP contribution in [0.4, 0.5) is 10.1 Å². The quantitative estimate of drug-likeness (QED) is 0.940. The van der Waals surface area contributed by atoms with Crippen LogP contribution in [0.3, 0.4) is 0 Å². The fraction of sp³-hybridized carbons (Fsp3) is 0.263. The van der Waals surface area contributed by atoms with E-state index in [0.717, 1.165) is 12.0 Å². The molecule has 0 radical (unpaired) electrons. The fourth-order valence-corrected chi connectivity index (χ4v) is 2.92. The topological polar surface area (TPSA) is 49.4 Å². The van der Waals surface area contributed by atoms with Crippen molar-refractivity contribution in [2.45, 2.75) is 25.8 Å². The number of halogens is 1. The van der Waals surface area contributed by atoms with Gasteiger partial charge in [0.1, 0.15) is 11.9 Å². The number of aryl methyl sites for hydroxylation is 1. The van der Waals surface area contributed by atoms with Gasteiger partial charge < -0.3 is 10.2 Å². The summed E-state index contributed by atoms with van der Waals surface area (Å²) in [6.45, 7) is 2.48. The van der Waals surface area contributed by atoms with Crippen LogP contribution in [0.5, 0.6) is 0 Å². The number of hydrogen-bond acceptors (Lipinski definition) is 2. The van der Waals surface area contributed by atoms with Gasteiger partial charge in [-0.15, -0.1) is 0 Å². The molecule has 24 heavy (non-hydrogen) atoms. The summed E-state index contributed by atoms with van der Waals surface area (Å²) in [6.07, 6.45) is 1.34. The molecule has 1 heterocycles. The van der Waals surface area contributed by atoms with Crippen LogP contribution in [0.15, 0.2) is 48.5 Å². The van der Waals surface area contributed by atoms with Crippen molar-refractivity contribution in [3.8, 4) is 0 Å². The summed E-state index contributed by atoms with van der Waals surface area (Å²) in [5.41, 5.74) is 1.77. The average molecular weight is 326 g/mol. The van der Waals surface area contributed by atoms with Gasteiger partial charge in [0.05, 0.1) is 5.69 Å². The molecule has 1 atom stereocenters. The van der Waals surface area contributed by atoms with E-state index in [9.17, 15) is 14.0 Å². The summed E-state index contributed by atoms with van der Waals surface area (Å²) in [6, 6.07) is 12.7. The Hall–Kier alpha value is -2.69. The maximum atomic E-state index is 13.7. The smallest absolute Gasteiger partial charge is 0.254 e. The van der Waals surface area contributed by atoms with E-state index in [1.165, 1.54) is 12.1 Å². The van der Waals surface area contributed by atoms with Crippen molar-refractivity contribution >= 4 is 17.5 Å². The number of anilines is 1. The number of nitrogens with one attached hydrogen (secondary N) is 1. The highest BCUT2D eigenvalue weighted by atomic mass is 19.1. The molecule has 1 aliphatic rings. The molecule has 0 spiro atoms. The van der Waals surface area contributed by atoms with Crippen molar-refractivity contribution in [1.29, 1.82) is 0 Å². The Labute approximate surface area is 140 Å². The predicted octanol–water partition coefficient (Wildman–Crippen LogP) is 3.38. The summed E-state index contributed by atoms with van der Waals surface area (Å²) < 4.78 is 13.7. The summed E-state index contributed by atoms with van der Waals surface area (Å²) in [4.78, 5) is 26.7. The standard InChI is InChI=1S/C19H19FN2O2/c1-13-8-10-14(11-9-13)19(24)22-12-4-7-17(22)18(23)21-16-6-3-2-5-15(16)20/h2-3,5-6,8-11,17H,4,7,12H2,1H3,(H,21,23)/t17-/m1/s1. The van der Waals surface area contributed by atoms with E-state index in [-0.39, 0.29) is 17.5 Å². The molecule has 1 N–H and O–H groups in total. The third-order valence-corrected chi connectivity index (χ3v) is 4.25. The van der Waals surface area contributed by atoms with Gasteiger partial charge in [-0.2, -0.15) is 0 Å². The van der Waals surface area contributed by atoms with E-state index >= 15 is 0 Å². The molecule has 3 rings (SSSR count). The van der Waals surface area contributed by atoms with Crippen molar-refractivity contribution in [3.63, 3.8) is 0 Å². The lowest BCUT2D eigenvalue weighted by Gasteiger charge is -2.24. The highest BCUT2D eigenvalue weighted by molar-refractivity contribution is 6.01. The molecular formula is C19H19FN2O2. The molecule has 0 bridgehead atoms. The molecule has 0 saturated carbocycles. The number of likely N-dealkylation sites (tertiary alicyclic amines) is 1. The maximum Gasteiger partial charge on any atom is 0.254 e. The van der Waals surface area contributed by atoms with E-state index in [1.54, 1.807) is 29.2 Å². The minimum atomic E-state index is -0.571. The summed E-state index contributed by atoms with van der Waals surface area (Å²) in [7, 11) is 0. The summed E-state index contributed by atoms with van der Waals surface area (Å²) in [5.74, 6) is -1.00. The van der Waals surface area contributed by atoms with Gasteiger partial charge in [0.25, 0.3) is 5.91 Å². The van der Waals surface area contributed by atoms with Crippen LogP contribution in [0, 0.1) is 12.7 Å². The minimum absolute atomic E-state index is 0.136. The molecule has 2 aromatic rings. The number of rotatable bonds is 3. The lowest BCUT2D eigenvalue weighted by molar-refractivity contribution is -0.119. The Balaban J connectivity index is 1.75. The van der Waals surface area contributed by atoms with Crippen molar-refractivity contribution in [2.24, 2.45) is 0 Å². The Kier molecular flexibility index (Phi) is 4.60. The molecule has 4 nitrogen and oxygen atoms in total. The van der Waals surface area contributed by atoms with Crippen LogP contribution in [-0.4, -0.2) is 29.3 Å². The molecule has 0 unspecified atom stereocenters. The molecule has 2 aromatic carbocycles. The van der Waals surface area contributed by atoms with Crippen molar-refractivity contribution in [3.05, 3.63) is 65.5 Å². The predicted molar refractivity (Wildman–Crippen MR) is 90.3 cm³/mol. The summed E-state index contributed by atoms with van der Waals surface area (Å²) in [5, 5.41) is 2.59. The van der Waals surface area contributed by atoms with Crippen LogP contribution < -0.4 is 5.32 Å². The average Bonchev–Trinajstić information content (AvgIpc) is 3.07. The van der Waals surface area contributed by atoms with Gasteiger partial charge in [-0.1, -0.05) is 29.8 Å². The lowest BCUT2D eigenvalue weighted by Crippen LogP contribution is -2.43. The first-order valence-electron chi connectivity index (χ1n) is 7.99. The first-order valence-corrected chi connectivity index (χ1v) is 7.99. The minimum Gasteiger partial charge on any atom is -0.327 e. The zero-order valence-electron chi connectivity index (χ0n) is 13.5. The molecule has 5 heteroatoms. The van der Waals surface area contributed by atoms with Crippen molar-refractivity contribution in [1.82, 2.24) is 4.90 Å². The molecule has 1 aliphatic heterocycles. The molecular weight excluding hydrogens is 307 g/mol. The van der Waals surface area contributed by atoms with Crippen molar-refractivity contribution in [2.75, 3.05) is 11.9 Å². The fourth-order valence-electron chi connectivity index (χ4n) is 2.92. The van der Waals surface area contributed by atoms with E-state index in [4.69, 9.17) is 0 Å². The maximum absolute atomic E-state index is 13.7. The van der Waals surface area contributed by atoms with E-state index in [2.05, 4.69) is 5.32 Å². The van der Waals surface area contributed by atoms with Gasteiger partial charge in [-0.05, 0) is 44.0 Å². The molecule has 0 aliphatic carbocycles. The van der Waals surface area contributed by atoms with Gasteiger partial charge in [0, 0.05) is 12.1 Å². The van der Waals surface area contributed by atoms with Crippen LogP contribution in [0.2, 0.25) is 0 Å². The molecule has 124 valence electrons. The van der Waals surface area contributed by atoms with E-state index in [0.29, 0.717) is 18.5 Å². The molecule has 1 saturated heterocycles. The Bertz CT molecular complexity index is 758. The first kappa shape index (κ1) is 16.2. The molecule has 2 amide bonds. The largest absolute Gasteiger partial charge is 0.327 e. The van der Waals surface area contributed by atoms with Crippen molar-refractivity contribution < 1.29 is 14.0 Å². The van der Waals surface area contributed by atoms with Gasteiger partial charge in [0.15, 0.2) is 0 Å². The van der Waals surface area contributed by atoms with E-state index in [1.807, 2.05) is 19.1 Å². The molecule has 1 fully saturated rings. The molecule has 0 aromatic heterocycles. The SMILES string of the molecule is Cc1ccc(C(=O)N2CCC[C@@H]2C(=O)Nc2ccccc2F)cc1. The number of para-hydroxylation sites is 1. The van der Waals surface area contributed by atoms with Gasteiger partial charge >= 0.3 is 0 Å². The van der Waals surface area contributed by atoms with E-state index < -0.39 is 11.9 Å². The number of nitrogens with zero attached hydrogens (tertiary/aromatic N) is 1. The highest BCUT2D eigenvalue weighted by Crippen LogP contribution is 2.22. The number of amides is 2. The number of hydrogen-bond donors (Lipinski definition) is 1. The number of benzene rings is 2. The van der Waals surface area contributed by atoms with Crippen LogP contribution in [0.1, 0.15) is 28.8 Å². The second-order valence-corrected chi connectivity index (χ2v) is 5.99. The first-order chi connectivity index (χ1) is 11.6. The second kappa shape index (κ2) is 6.83. The third-order valence-electron chi connectivity index (χ3n) is 4.25. The summed E-state index contributed by atoms with van der Waals surface area (Å²) >= 11 is 0. The number of carbonyl (C=O) groups is 2. The zero-order valence-corrected chi connectivity index (χ0v) is 13.5. The zero-order chi connectivity index (χ0) is 17.1. The lowest BCUT2D eigenvalue weighted by atomic mass is 10.1. The normalized spacial score (nSPS) is 16.9. The Morgan fingerprint density at radius 2 is 1.83 bits per heavy atom. The van der Waals surface area contributed by atoms with Gasteiger partial charge in [-0.3, -0.25) is 9.59 Å². The Morgan fingerprint density at radius 1 is 1.12 bits per heavy atom. The van der Waals surface area contributed by atoms with Gasteiger partial charge in [0.2, 0.25) is 5.91 Å². The highest BCUT2D eigenvalue weighted by Gasteiger charge is 2.34.